The predicted octanol–water partition coefficient (Wildman–Crippen LogP) is 2.88. The SMILES string of the molecule is C/C=C/COP1(=S)OCC(C)(C)CO1. The fraction of sp³-hybridized carbons (Fsp3) is 0.778. The van der Waals surface area contributed by atoms with Gasteiger partial charge in [-0.15, -0.1) is 0 Å². The first-order valence-corrected chi connectivity index (χ1v) is 7.18. The van der Waals surface area contributed by atoms with E-state index in [0.717, 1.165) is 0 Å². The minimum absolute atomic E-state index is 0.0479. The van der Waals surface area contributed by atoms with Crippen LogP contribution >= 0.6 is 6.72 Å². The molecule has 0 aromatic carbocycles. The molecule has 0 N–H and O–H groups in total. The second kappa shape index (κ2) is 4.86. The molecule has 0 spiro atoms. The van der Waals surface area contributed by atoms with Crippen LogP contribution in [-0.4, -0.2) is 19.8 Å². The first-order chi connectivity index (χ1) is 6.47. The molecule has 0 radical (unpaired) electrons. The van der Waals surface area contributed by atoms with Crippen LogP contribution in [0.4, 0.5) is 0 Å². The van der Waals surface area contributed by atoms with Crippen molar-refractivity contribution in [3.05, 3.63) is 12.2 Å². The van der Waals surface area contributed by atoms with Gasteiger partial charge in [0.15, 0.2) is 0 Å². The van der Waals surface area contributed by atoms with Crippen LogP contribution in [0.25, 0.3) is 0 Å². The van der Waals surface area contributed by atoms with Crippen LogP contribution < -0.4 is 0 Å². The van der Waals surface area contributed by atoms with Crippen LogP contribution in [-0.2, 0) is 25.4 Å². The molecule has 0 aliphatic carbocycles. The van der Waals surface area contributed by atoms with E-state index in [9.17, 15) is 0 Å². The van der Waals surface area contributed by atoms with E-state index < -0.39 is 6.72 Å². The Morgan fingerprint density at radius 3 is 2.50 bits per heavy atom. The van der Waals surface area contributed by atoms with Gasteiger partial charge in [0.25, 0.3) is 0 Å². The first-order valence-electron chi connectivity index (χ1n) is 4.62. The molecule has 5 heteroatoms. The summed E-state index contributed by atoms with van der Waals surface area (Å²) in [7, 11) is 0. The molecule has 1 aliphatic heterocycles. The van der Waals surface area contributed by atoms with E-state index >= 15 is 0 Å². The Morgan fingerprint density at radius 1 is 1.43 bits per heavy atom. The van der Waals surface area contributed by atoms with E-state index in [2.05, 4.69) is 13.8 Å². The summed E-state index contributed by atoms with van der Waals surface area (Å²) in [5.41, 5.74) is 0.0479. The number of allylic oxidation sites excluding steroid dienone is 1. The van der Waals surface area contributed by atoms with Crippen molar-refractivity contribution in [1.29, 1.82) is 0 Å². The number of hydrogen-bond donors (Lipinski definition) is 0. The predicted molar refractivity (Wildman–Crippen MR) is 60.7 cm³/mol. The van der Waals surface area contributed by atoms with Gasteiger partial charge in [-0.2, -0.15) is 0 Å². The van der Waals surface area contributed by atoms with Gasteiger partial charge in [0.2, 0.25) is 0 Å². The third-order valence-corrected chi connectivity index (χ3v) is 4.10. The minimum Gasteiger partial charge on any atom is -0.308 e. The molecule has 1 heterocycles. The largest absolute Gasteiger partial charge is 0.327 e. The standard InChI is InChI=1S/C9H17O3PS/c1-4-5-6-10-13(14)11-7-9(2,3)8-12-13/h4-5H,6-8H2,1-3H3/b5-4+. The normalized spacial score (nSPS) is 25.4. The van der Waals surface area contributed by atoms with Crippen LogP contribution in [0.1, 0.15) is 20.8 Å². The Bertz CT molecular complexity index is 249. The zero-order valence-electron chi connectivity index (χ0n) is 8.86. The summed E-state index contributed by atoms with van der Waals surface area (Å²) in [6.07, 6.45) is 3.80. The molecular formula is C9H17O3PS. The Balaban J connectivity index is 2.42. The van der Waals surface area contributed by atoms with Gasteiger partial charge in [0.1, 0.15) is 0 Å². The zero-order chi connectivity index (χ0) is 10.7. The summed E-state index contributed by atoms with van der Waals surface area (Å²) in [5, 5.41) is 0. The van der Waals surface area contributed by atoms with E-state index in [1.165, 1.54) is 0 Å². The minimum atomic E-state index is -2.44. The fourth-order valence-corrected chi connectivity index (χ4v) is 2.90. The second-order valence-electron chi connectivity index (χ2n) is 4.02. The van der Waals surface area contributed by atoms with Gasteiger partial charge < -0.3 is 13.6 Å². The summed E-state index contributed by atoms with van der Waals surface area (Å²) in [5.74, 6) is 0. The maximum atomic E-state index is 5.47. The Hall–Kier alpha value is 0.270. The van der Waals surface area contributed by atoms with Gasteiger partial charge in [-0.05, 0) is 18.7 Å². The number of hydrogen-bond acceptors (Lipinski definition) is 4. The molecule has 1 fully saturated rings. The molecule has 14 heavy (non-hydrogen) atoms. The van der Waals surface area contributed by atoms with E-state index in [1.54, 1.807) is 0 Å². The molecule has 1 rings (SSSR count). The Morgan fingerprint density at radius 2 is 2.00 bits per heavy atom. The maximum Gasteiger partial charge on any atom is 0.327 e. The Labute approximate surface area is 90.7 Å². The van der Waals surface area contributed by atoms with Crippen molar-refractivity contribution in [3.63, 3.8) is 0 Å². The molecule has 3 nitrogen and oxygen atoms in total. The fourth-order valence-electron chi connectivity index (χ4n) is 0.892. The van der Waals surface area contributed by atoms with Gasteiger partial charge in [-0.25, -0.2) is 0 Å². The summed E-state index contributed by atoms with van der Waals surface area (Å²) in [4.78, 5) is 0. The van der Waals surface area contributed by atoms with Gasteiger partial charge in [0.05, 0.1) is 19.8 Å². The molecule has 0 atom stereocenters. The van der Waals surface area contributed by atoms with Crippen molar-refractivity contribution in [2.45, 2.75) is 20.8 Å². The van der Waals surface area contributed by atoms with Crippen molar-refractivity contribution in [2.24, 2.45) is 5.41 Å². The van der Waals surface area contributed by atoms with Gasteiger partial charge in [0, 0.05) is 5.41 Å². The average Bonchev–Trinajstić information content (AvgIpc) is 2.12. The summed E-state index contributed by atoms with van der Waals surface area (Å²) >= 11 is 5.18. The molecule has 0 saturated carbocycles. The van der Waals surface area contributed by atoms with E-state index in [0.29, 0.717) is 19.8 Å². The van der Waals surface area contributed by atoms with Gasteiger partial charge in [-0.1, -0.05) is 26.0 Å². The summed E-state index contributed by atoms with van der Waals surface area (Å²) in [6.45, 7) is 5.34. The second-order valence-corrected chi connectivity index (χ2v) is 7.03. The van der Waals surface area contributed by atoms with Crippen molar-refractivity contribution in [3.8, 4) is 0 Å². The molecule has 0 amide bonds. The summed E-state index contributed by atoms with van der Waals surface area (Å²) in [6, 6.07) is 0. The Kier molecular flexibility index (Phi) is 4.29. The molecule has 82 valence electrons. The number of rotatable bonds is 3. The van der Waals surface area contributed by atoms with Crippen LogP contribution in [0.15, 0.2) is 12.2 Å². The topological polar surface area (TPSA) is 27.7 Å². The third kappa shape index (κ3) is 3.79. The van der Waals surface area contributed by atoms with Gasteiger partial charge >= 0.3 is 6.72 Å². The molecular weight excluding hydrogens is 219 g/mol. The highest BCUT2D eigenvalue weighted by Gasteiger charge is 2.33. The molecule has 0 aromatic rings. The van der Waals surface area contributed by atoms with Crippen molar-refractivity contribution in [2.75, 3.05) is 19.8 Å². The highest BCUT2D eigenvalue weighted by atomic mass is 32.5. The van der Waals surface area contributed by atoms with Crippen LogP contribution in [0, 0.1) is 5.41 Å². The quantitative estimate of drug-likeness (QED) is 0.556. The molecule has 0 bridgehead atoms. The lowest BCUT2D eigenvalue weighted by molar-refractivity contribution is 0.0284. The van der Waals surface area contributed by atoms with Crippen molar-refractivity contribution in [1.82, 2.24) is 0 Å². The molecule has 0 unspecified atom stereocenters. The molecule has 1 aliphatic rings. The third-order valence-electron chi connectivity index (χ3n) is 1.79. The van der Waals surface area contributed by atoms with Crippen molar-refractivity contribution < 1.29 is 13.6 Å². The van der Waals surface area contributed by atoms with Crippen LogP contribution in [0.5, 0.6) is 0 Å². The van der Waals surface area contributed by atoms with Crippen molar-refractivity contribution >= 4 is 18.5 Å². The van der Waals surface area contributed by atoms with Gasteiger partial charge in [-0.3, -0.25) is 0 Å². The maximum absolute atomic E-state index is 5.47. The molecule has 0 aromatic heterocycles. The highest BCUT2D eigenvalue weighted by molar-refractivity contribution is 8.07. The van der Waals surface area contributed by atoms with E-state index in [4.69, 9.17) is 25.4 Å². The van der Waals surface area contributed by atoms with Crippen LogP contribution in [0.2, 0.25) is 0 Å². The summed E-state index contributed by atoms with van der Waals surface area (Å²) < 4.78 is 16.3. The molecule has 1 saturated heterocycles. The zero-order valence-corrected chi connectivity index (χ0v) is 10.6. The van der Waals surface area contributed by atoms with E-state index in [-0.39, 0.29) is 5.41 Å². The average molecular weight is 236 g/mol. The monoisotopic (exact) mass is 236 g/mol. The van der Waals surface area contributed by atoms with Crippen LogP contribution in [0.3, 0.4) is 0 Å². The van der Waals surface area contributed by atoms with E-state index in [1.807, 2.05) is 19.1 Å². The lowest BCUT2D eigenvalue weighted by Gasteiger charge is -2.35. The lowest BCUT2D eigenvalue weighted by Crippen LogP contribution is -2.29. The lowest BCUT2D eigenvalue weighted by atomic mass is 9.97. The highest BCUT2D eigenvalue weighted by Crippen LogP contribution is 2.54. The first kappa shape index (κ1) is 12.3. The smallest absolute Gasteiger partial charge is 0.308 e.